The predicted octanol–water partition coefficient (Wildman–Crippen LogP) is 3.99. The Bertz CT molecular complexity index is 801. The topological polar surface area (TPSA) is 80.5 Å². The van der Waals surface area contributed by atoms with E-state index in [2.05, 4.69) is 0 Å². The molecule has 0 fully saturated rings. The van der Waals surface area contributed by atoms with Crippen LogP contribution < -0.4 is 4.90 Å². The lowest BCUT2D eigenvalue weighted by Gasteiger charge is -2.29. The molecule has 2 heterocycles. The molecule has 1 aromatic carbocycles. The smallest absolute Gasteiger partial charge is 0.271 e. The summed E-state index contributed by atoms with van der Waals surface area (Å²) in [7, 11) is 0. The molecule has 0 aliphatic carbocycles. The number of nitro benzene ring substituents is 1. The predicted molar refractivity (Wildman–Crippen MR) is 96.3 cm³/mol. The van der Waals surface area contributed by atoms with Crippen LogP contribution in [0.4, 0.5) is 11.4 Å². The minimum absolute atomic E-state index is 0.00803. The van der Waals surface area contributed by atoms with Gasteiger partial charge in [-0.3, -0.25) is 19.7 Å². The molecule has 130 valence electrons. The molecule has 0 atom stereocenters. The molecule has 7 heteroatoms. The van der Waals surface area contributed by atoms with Crippen molar-refractivity contribution in [2.45, 2.75) is 32.1 Å². The van der Waals surface area contributed by atoms with Gasteiger partial charge in [-0.25, -0.2) is 0 Å². The van der Waals surface area contributed by atoms with Crippen molar-refractivity contribution >= 4 is 34.4 Å². The molecule has 0 saturated carbocycles. The number of carbonyl (C=O) groups is 2. The number of amides is 1. The number of ketones is 1. The Balaban J connectivity index is 1.64. The summed E-state index contributed by atoms with van der Waals surface area (Å²) in [5, 5.41) is 12.8. The van der Waals surface area contributed by atoms with Crippen LogP contribution in [0.25, 0.3) is 0 Å². The Kier molecular flexibility index (Phi) is 5.23. The number of nitrogens with zero attached hydrogens (tertiary/aromatic N) is 2. The third-order valence-electron chi connectivity index (χ3n) is 4.29. The standard InChI is InChI=1S/C18H18N2O4S/c21-16(17-6-3-11-25-17)5-1-7-18(22)19-10-2-4-13-8-9-14(20(23)24)12-15(13)19/h3,6,8-9,11-12H,1-2,4-5,7,10H2. The monoisotopic (exact) mass is 358 g/mol. The van der Waals surface area contributed by atoms with E-state index in [1.807, 2.05) is 11.4 Å². The number of nitro groups is 1. The number of non-ortho nitro benzene ring substituents is 1. The van der Waals surface area contributed by atoms with Crippen molar-refractivity contribution in [3.8, 4) is 0 Å². The van der Waals surface area contributed by atoms with Crippen molar-refractivity contribution in [3.05, 3.63) is 56.3 Å². The van der Waals surface area contributed by atoms with Gasteiger partial charge in [-0.2, -0.15) is 0 Å². The number of hydrogen-bond donors (Lipinski definition) is 0. The molecule has 6 nitrogen and oxygen atoms in total. The molecule has 0 saturated heterocycles. The molecule has 0 spiro atoms. The quantitative estimate of drug-likeness (QED) is 0.444. The summed E-state index contributed by atoms with van der Waals surface area (Å²) < 4.78 is 0. The van der Waals surface area contributed by atoms with E-state index in [1.165, 1.54) is 23.5 Å². The summed E-state index contributed by atoms with van der Waals surface area (Å²) in [4.78, 5) is 37.4. The molecular weight excluding hydrogens is 340 g/mol. The molecule has 0 bridgehead atoms. The lowest BCUT2D eigenvalue weighted by molar-refractivity contribution is -0.384. The van der Waals surface area contributed by atoms with Crippen molar-refractivity contribution in [3.63, 3.8) is 0 Å². The van der Waals surface area contributed by atoms with Gasteiger partial charge in [0.2, 0.25) is 5.91 Å². The van der Waals surface area contributed by atoms with Crippen molar-refractivity contribution in [1.29, 1.82) is 0 Å². The molecule has 2 aromatic rings. The fraction of sp³-hybridized carbons (Fsp3) is 0.333. The maximum atomic E-state index is 12.6. The van der Waals surface area contributed by atoms with Gasteiger partial charge in [0.15, 0.2) is 5.78 Å². The lowest BCUT2D eigenvalue weighted by Crippen LogP contribution is -2.35. The van der Waals surface area contributed by atoms with E-state index in [-0.39, 0.29) is 23.8 Å². The van der Waals surface area contributed by atoms with E-state index in [0.29, 0.717) is 30.0 Å². The third kappa shape index (κ3) is 3.93. The first-order valence-electron chi connectivity index (χ1n) is 8.20. The van der Waals surface area contributed by atoms with Crippen LogP contribution in [0, 0.1) is 10.1 Å². The van der Waals surface area contributed by atoms with E-state index >= 15 is 0 Å². The van der Waals surface area contributed by atoms with Gasteiger partial charge in [0.1, 0.15) is 0 Å². The van der Waals surface area contributed by atoms with Gasteiger partial charge in [0.25, 0.3) is 5.69 Å². The highest BCUT2D eigenvalue weighted by Crippen LogP contribution is 2.31. The van der Waals surface area contributed by atoms with Gasteiger partial charge in [-0.05, 0) is 36.3 Å². The molecule has 1 aromatic heterocycles. The summed E-state index contributed by atoms with van der Waals surface area (Å²) >= 11 is 1.40. The Labute approximate surface area is 149 Å². The zero-order valence-corrected chi connectivity index (χ0v) is 14.5. The van der Waals surface area contributed by atoms with Gasteiger partial charge >= 0.3 is 0 Å². The number of rotatable bonds is 6. The first kappa shape index (κ1) is 17.3. The van der Waals surface area contributed by atoms with Gasteiger partial charge in [-0.1, -0.05) is 12.1 Å². The minimum Gasteiger partial charge on any atom is -0.312 e. The summed E-state index contributed by atoms with van der Waals surface area (Å²) in [5.41, 5.74) is 1.58. The fourth-order valence-electron chi connectivity index (χ4n) is 3.03. The second-order valence-corrected chi connectivity index (χ2v) is 6.92. The van der Waals surface area contributed by atoms with Gasteiger partial charge < -0.3 is 4.90 Å². The van der Waals surface area contributed by atoms with Crippen molar-refractivity contribution < 1.29 is 14.5 Å². The van der Waals surface area contributed by atoms with Gasteiger partial charge in [0, 0.05) is 31.5 Å². The van der Waals surface area contributed by atoms with Crippen molar-refractivity contribution in [1.82, 2.24) is 0 Å². The van der Waals surface area contributed by atoms with Crippen LogP contribution in [0.1, 0.15) is 40.9 Å². The number of hydrogen-bond acceptors (Lipinski definition) is 5. The average Bonchev–Trinajstić information content (AvgIpc) is 3.15. The second kappa shape index (κ2) is 7.57. The molecule has 25 heavy (non-hydrogen) atoms. The average molecular weight is 358 g/mol. The number of carbonyl (C=O) groups excluding carboxylic acids is 2. The van der Waals surface area contributed by atoms with E-state index in [1.54, 1.807) is 17.0 Å². The minimum atomic E-state index is -0.447. The molecule has 0 unspecified atom stereocenters. The molecule has 0 radical (unpaired) electrons. The van der Waals surface area contributed by atoms with E-state index < -0.39 is 4.92 Å². The Morgan fingerprint density at radius 2 is 2.08 bits per heavy atom. The van der Waals surface area contributed by atoms with Crippen LogP contribution in [-0.2, 0) is 11.2 Å². The number of thiophene rings is 1. The zero-order chi connectivity index (χ0) is 17.8. The van der Waals surface area contributed by atoms with Crippen LogP contribution in [-0.4, -0.2) is 23.2 Å². The highest BCUT2D eigenvalue weighted by molar-refractivity contribution is 7.12. The van der Waals surface area contributed by atoms with E-state index in [4.69, 9.17) is 0 Å². The van der Waals surface area contributed by atoms with Gasteiger partial charge in [0.05, 0.1) is 15.5 Å². The van der Waals surface area contributed by atoms with Crippen molar-refractivity contribution in [2.75, 3.05) is 11.4 Å². The molecule has 1 amide bonds. The number of fused-ring (bicyclic) bond motifs is 1. The SMILES string of the molecule is O=C(CCCC(=O)N1CCCc2ccc([N+](=O)[O-])cc21)c1cccs1. The van der Waals surface area contributed by atoms with Crippen LogP contribution in [0.3, 0.4) is 0 Å². The molecular formula is C18H18N2O4S. The maximum absolute atomic E-state index is 12.6. The Morgan fingerprint density at radius 3 is 2.80 bits per heavy atom. The first-order chi connectivity index (χ1) is 12.1. The van der Waals surface area contributed by atoms with E-state index in [9.17, 15) is 19.7 Å². The van der Waals surface area contributed by atoms with Crippen LogP contribution in [0.2, 0.25) is 0 Å². The molecule has 1 aliphatic heterocycles. The van der Waals surface area contributed by atoms with Crippen LogP contribution in [0.5, 0.6) is 0 Å². The lowest BCUT2D eigenvalue weighted by atomic mass is 10.0. The number of Topliss-reactive ketones (excluding diaryl/α,β-unsaturated/α-hetero) is 1. The van der Waals surface area contributed by atoms with Gasteiger partial charge in [-0.15, -0.1) is 11.3 Å². The van der Waals surface area contributed by atoms with Crippen molar-refractivity contribution in [2.24, 2.45) is 0 Å². The summed E-state index contributed by atoms with van der Waals surface area (Å²) in [6, 6.07) is 8.30. The summed E-state index contributed by atoms with van der Waals surface area (Å²) in [6.07, 6.45) is 2.73. The highest BCUT2D eigenvalue weighted by atomic mass is 32.1. The maximum Gasteiger partial charge on any atom is 0.271 e. The number of anilines is 1. The Morgan fingerprint density at radius 1 is 1.24 bits per heavy atom. The fourth-order valence-corrected chi connectivity index (χ4v) is 3.73. The molecule has 1 aliphatic rings. The first-order valence-corrected chi connectivity index (χ1v) is 9.08. The van der Waals surface area contributed by atoms with E-state index in [0.717, 1.165) is 18.4 Å². The second-order valence-electron chi connectivity index (χ2n) is 5.97. The normalized spacial score (nSPS) is 13.4. The van der Waals surface area contributed by atoms with Crippen LogP contribution in [0.15, 0.2) is 35.7 Å². The number of benzene rings is 1. The molecule has 3 rings (SSSR count). The Hall–Kier alpha value is -2.54. The highest BCUT2D eigenvalue weighted by Gasteiger charge is 2.24. The summed E-state index contributed by atoms with van der Waals surface area (Å²) in [5.74, 6) is -0.0297. The number of aryl methyl sites for hydroxylation is 1. The van der Waals surface area contributed by atoms with Crippen LogP contribution >= 0.6 is 11.3 Å². The summed E-state index contributed by atoms with van der Waals surface area (Å²) in [6.45, 7) is 0.561. The largest absolute Gasteiger partial charge is 0.312 e. The zero-order valence-electron chi connectivity index (χ0n) is 13.6. The molecule has 0 N–H and O–H groups in total. The third-order valence-corrected chi connectivity index (χ3v) is 5.20.